The Bertz CT molecular complexity index is 3190. The Balaban J connectivity index is 0.999. The second-order valence-corrected chi connectivity index (χ2v) is 16.2. The molecule has 1 nitrogen and oxygen atoms in total. The Kier molecular flexibility index (Phi) is 7.61. The third-order valence-corrected chi connectivity index (χ3v) is 13.3. The average Bonchev–Trinajstić information content (AvgIpc) is 3.84. The number of nitrogens with zero attached hydrogens (tertiary/aromatic N) is 1. The first-order valence-corrected chi connectivity index (χ1v) is 20.3. The molecule has 0 saturated heterocycles. The largest absolute Gasteiger partial charge is 0.310 e. The summed E-state index contributed by atoms with van der Waals surface area (Å²) >= 11 is 3.77. The summed E-state index contributed by atoms with van der Waals surface area (Å²) in [5, 5.41) is 7.90. The van der Waals surface area contributed by atoms with Gasteiger partial charge in [0.05, 0.1) is 0 Å². The molecule has 11 aromatic rings. The number of anilines is 3. The van der Waals surface area contributed by atoms with Crippen LogP contribution in [0.1, 0.15) is 0 Å². The Labute approximate surface area is 327 Å². The molecule has 0 aliphatic heterocycles. The van der Waals surface area contributed by atoms with Crippen LogP contribution in [0.5, 0.6) is 0 Å². The molecule has 2 aromatic heterocycles. The zero-order valence-electron chi connectivity index (χ0n) is 29.8. The predicted octanol–water partition coefficient (Wildman–Crippen LogP) is 16.0. The van der Waals surface area contributed by atoms with Crippen molar-refractivity contribution in [2.75, 3.05) is 4.90 Å². The number of fused-ring (bicyclic) bond motifs is 8. The highest BCUT2D eigenvalue weighted by Gasteiger charge is 2.17. The van der Waals surface area contributed by atoms with Crippen LogP contribution in [0.25, 0.3) is 84.5 Å². The molecule has 258 valence electrons. The van der Waals surface area contributed by atoms with Gasteiger partial charge in [-0.05, 0) is 98.8 Å². The van der Waals surface area contributed by atoms with Crippen molar-refractivity contribution < 1.29 is 0 Å². The van der Waals surface area contributed by atoms with Crippen LogP contribution in [0, 0.1) is 0 Å². The Morgan fingerprint density at radius 3 is 1.55 bits per heavy atom. The molecular weight excluding hydrogens is 703 g/mol. The number of rotatable bonds is 6. The molecule has 3 heteroatoms. The van der Waals surface area contributed by atoms with Gasteiger partial charge < -0.3 is 4.90 Å². The van der Waals surface area contributed by atoms with Gasteiger partial charge in [-0.25, -0.2) is 0 Å². The average molecular weight is 736 g/mol. The second-order valence-electron chi connectivity index (χ2n) is 14.1. The van der Waals surface area contributed by atoms with Gasteiger partial charge in [0.25, 0.3) is 0 Å². The van der Waals surface area contributed by atoms with Gasteiger partial charge >= 0.3 is 0 Å². The van der Waals surface area contributed by atoms with E-state index in [1.807, 2.05) is 22.7 Å². The molecule has 55 heavy (non-hydrogen) atoms. The number of hydrogen-bond acceptors (Lipinski definition) is 3. The monoisotopic (exact) mass is 735 g/mol. The number of benzene rings is 9. The van der Waals surface area contributed by atoms with Gasteiger partial charge in [-0.2, -0.15) is 0 Å². The summed E-state index contributed by atoms with van der Waals surface area (Å²) in [6, 6.07) is 73.3. The third-order valence-electron chi connectivity index (χ3n) is 10.9. The highest BCUT2D eigenvalue weighted by atomic mass is 32.1. The summed E-state index contributed by atoms with van der Waals surface area (Å²) in [6.07, 6.45) is 0. The summed E-state index contributed by atoms with van der Waals surface area (Å²) in [7, 11) is 0. The topological polar surface area (TPSA) is 3.24 Å². The Morgan fingerprint density at radius 1 is 0.291 bits per heavy atom. The lowest BCUT2D eigenvalue weighted by Crippen LogP contribution is -2.10. The van der Waals surface area contributed by atoms with Crippen molar-refractivity contribution in [1.82, 2.24) is 0 Å². The SMILES string of the molecule is c1ccc(-c2ccc(N(c3ccc(-c4ccc5c(ccc6c7ccccc7sc56)c4)cc3)c3cccc(-c4cccc5c4sc4ccccc45)c3)cc2)cc1. The molecular formula is C52H33NS2. The van der Waals surface area contributed by atoms with Crippen LogP contribution in [-0.2, 0) is 0 Å². The molecule has 9 aromatic carbocycles. The third kappa shape index (κ3) is 5.51. The maximum Gasteiger partial charge on any atom is 0.0467 e. The smallest absolute Gasteiger partial charge is 0.0467 e. The van der Waals surface area contributed by atoms with E-state index in [4.69, 9.17) is 0 Å². The summed E-state index contributed by atoms with van der Waals surface area (Å²) in [5.74, 6) is 0. The van der Waals surface area contributed by atoms with Crippen molar-refractivity contribution in [1.29, 1.82) is 0 Å². The second kappa shape index (κ2) is 13.1. The first-order valence-electron chi connectivity index (χ1n) is 18.7. The van der Waals surface area contributed by atoms with Crippen LogP contribution in [0.4, 0.5) is 17.1 Å². The minimum atomic E-state index is 1.11. The summed E-state index contributed by atoms with van der Waals surface area (Å²) < 4.78 is 5.35. The molecule has 0 fully saturated rings. The molecule has 0 spiro atoms. The molecule has 11 rings (SSSR count). The first kappa shape index (κ1) is 32.0. The van der Waals surface area contributed by atoms with Crippen LogP contribution in [-0.4, -0.2) is 0 Å². The van der Waals surface area contributed by atoms with Crippen molar-refractivity contribution in [3.8, 4) is 33.4 Å². The van der Waals surface area contributed by atoms with Crippen molar-refractivity contribution in [3.05, 3.63) is 200 Å². The Hall–Kier alpha value is -6.52. The molecule has 0 aliphatic rings. The normalized spacial score (nSPS) is 11.6. The fourth-order valence-corrected chi connectivity index (χ4v) is 10.6. The van der Waals surface area contributed by atoms with E-state index in [0.29, 0.717) is 0 Å². The fourth-order valence-electron chi connectivity index (χ4n) is 8.16. The van der Waals surface area contributed by atoms with Crippen LogP contribution in [0.2, 0.25) is 0 Å². The van der Waals surface area contributed by atoms with Crippen molar-refractivity contribution in [3.63, 3.8) is 0 Å². The molecule has 0 aliphatic carbocycles. The lowest BCUT2D eigenvalue weighted by Gasteiger charge is -2.26. The van der Waals surface area contributed by atoms with Gasteiger partial charge in [-0.1, -0.05) is 146 Å². The van der Waals surface area contributed by atoms with Crippen molar-refractivity contribution >= 4 is 90.9 Å². The number of thiophene rings is 2. The molecule has 0 N–H and O–H groups in total. The van der Waals surface area contributed by atoms with E-state index in [2.05, 4.69) is 205 Å². The molecule has 2 heterocycles. The van der Waals surface area contributed by atoms with E-state index >= 15 is 0 Å². The predicted molar refractivity (Wildman–Crippen MR) is 241 cm³/mol. The van der Waals surface area contributed by atoms with Crippen molar-refractivity contribution in [2.45, 2.75) is 0 Å². The van der Waals surface area contributed by atoms with Crippen LogP contribution in [0.3, 0.4) is 0 Å². The van der Waals surface area contributed by atoms with E-state index in [1.165, 1.54) is 84.5 Å². The van der Waals surface area contributed by atoms with E-state index in [1.54, 1.807) is 0 Å². The van der Waals surface area contributed by atoms with Crippen LogP contribution in [0.15, 0.2) is 200 Å². The van der Waals surface area contributed by atoms with Gasteiger partial charge in [-0.15, -0.1) is 22.7 Å². The lowest BCUT2D eigenvalue weighted by atomic mass is 9.99. The standard InChI is InChI=1S/C52H33NS2/c1-2-10-34(11-3-1)35-20-26-40(27-21-35)53(42-13-8-12-38(33-42)43-16-9-17-47-45-14-4-6-18-49(45)54-51(43)47)41-28-22-36(23-29-41)37-24-30-44-39(32-37)25-31-48-46-15-5-7-19-50(46)55-52(44)48/h1-33H. The molecule has 0 unspecified atom stereocenters. The Morgan fingerprint density at radius 2 is 0.818 bits per heavy atom. The summed E-state index contributed by atoms with van der Waals surface area (Å²) in [5.41, 5.74) is 10.7. The minimum Gasteiger partial charge on any atom is -0.310 e. The minimum absolute atomic E-state index is 1.11. The molecule has 0 atom stereocenters. The van der Waals surface area contributed by atoms with E-state index in [0.717, 1.165) is 17.1 Å². The quantitative estimate of drug-likeness (QED) is 0.164. The van der Waals surface area contributed by atoms with Crippen molar-refractivity contribution in [2.24, 2.45) is 0 Å². The fraction of sp³-hybridized carbons (Fsp3) is 0. The van der Waals surface area contributed by atoms with Crippen LogP contribution < -0.4 is 4.90 Å². The zero-order valence-corrected chi connectivity index (χ0v) is 31.4. The van der Waals surface area contributed by atoms with E-state index in [-0.39, 0.29) is 0 Å². The summed E-state index contributed by atoms with van der Waals surface area (Å²) in [4.78, 5) is 2.38. The van der Waals surface area contributed by atoms with Gasteiger partial charge in [0.2, 0.25) is 0 Å². The maximum atomic E-state index is 2.38. The first-order chi connectivity index (χ1) is 27.2. The molecule has 0 bridgehead atoms. The molecule has 0 amide bonds. The van der Waals surface area contributed by atoms with Gasteiger partial charge in [-0.3, -0.25) is 0 Å². The number of hydrogen-bond donors (Lipinski definition) is 0. The lowest BCUT2D eigenvalue weighted by molar-refractivity contribution is 1.28. The van der Waals surface area contributed by atoms with Gasteiger partial charge in [0, 0.05) is 57.4 Å². The van der Waals surface area contributed by atoms with Crippen LogP contribution >= 0.6 is 22.7 Å². The zero-order chi connectivity index (χ0) is 36.3. The van der Waals surface area contributed by atoms with Gasteiger partial charge in [0.1, 0.15) is 0 Å². The molecule has 0 saturated carbocycles. The highest BCUT2D eigenvalue weighted by Crippen LogP contribution is 2.43. The van der Waals surface area contributed by atoms with Gasteiger partial charge in [0.15, 0.2) is 0 Å². The maximum absolute atomic E-state index is 2.38. The van der Waals surface area contributed by atoms with E-state index < -0.39 is 0 Å². The summed E-state index contributed by atoms with van der Waals surface area (Å²) in [6.45, 7) is 0. The highest BCUT2D eigenvalue weighted by molar-refractivity contribution is 7.27. The molecule has 0 radical (unpaired) electrons. The van der Waals surface area contributed by atoms with E-state index in [9.17, 15) is 0 Å².